The summed E-state index contributed by atoms with van der Waals surface area (Å²) < 4.78 is 0. The number of hydrogen-bond donors (Lipinski definition) is 1. The van der Waals surface area contributed by atoms with Crippen LogP contribution >= 0.6 is 0 Å². The van der Waals surface area contributed by atoms with E-state index in [1.54, 1.807) is 0 Å². The Hall–Kier alpha value is -0.590. The van der Waals surface area contributed by atoms with Crippen molar-refractivity contribution in [3.05, 3.63) is 0 Å². The Bertz CT molecular complexity index is 378. The van der Waals surface area contributed by atoms with Crippen LogP contribution in [0.25, 0.3) is 0 Å². The molecule has 0 aromatic carbocycles. The molecule has 3 aliphatic rings. The van der Waals surface area contributed by atoms with Gasteiger partial charge in [0.05, 0.1) is 6.07 Å². The smallest absolute Gasteiger partial charge is 0.108 e. The molecule has 0 aliphatic heterocycles. The van der Waals surface area contributed by atoms with Crippen LogP contribution in [0.3, 0.4) is 0 Å². The summed E-state index contributed by atoms with van der Waals surface area (Å²) in [6, 6.07) is 4.73. The van der Waals surface area contributed by atoms with E-state index >= 15 is 0 Å². The van der Waals surface area contributed by atoms with Crippen LogP contribution in [0.15, 0.2) is 0 Å². The summed E-state index contributed by atoms with van der Waals surface area (Å²) in [6.45, 7) is 5.86. The first-order valence-electron chi connectivity index (χ1n) is 8.56. The van der Waals surface area contributed by atoms with E-state index in [1.807, 2.05) is 0 Å². The van der Waals surface area contributed by atoms with Crippen LogP contribution in [0.2, 0.25) is 0 Å². The van der Waals surface area contributed by atoms with E-state index in [9.17, 15) is 5.26 Å². The van der Waals surface area contributed by atoms with Gasteiger partial charge in [-0.25, -0.2) is 0 Å². The highest BCUT2D eigenvalue weighted by Gasteiger charge is 2.46. The predicted octanol–water partition coefficient (Wildman–Crippen LogP) is 3.06. The van der Waals surface area contributed by atoms with Gasteiger partial charge in [0.1, 0.15) is 5.54 Å². The molecule has 20 heavy (non-hydrogen) atoms. The molecule has 0 aromatic rings. The van der Waals surface area contributed by atoms with Gasteiger partial charge >= 0.3 is 0 Å². The van der Waals surface area contributed by atoms with Crippen LogP contribution in [0.4, 0.5) is 0 Å². The van der Waals surface area contributed by atoms with Gasteiger partial charge in [0.15, 0.2) is 0 Å². The second-order valence-corrected chi connectivity index (χ2v) is 7.66. The fourth-order valence-corrected chi connectivity index (χ4v) is 3.66. The molecule has 0 heterocycles. The van der Waals surface area contributed by atoms with Crippen LogP contribution in [0.1, 0.15) is 65.2 Å². The average Bonchev–Trinajstić information content (AvgIpc) is 3.31. The summed E-state index contributed by atoms with van der Waals surface area (Å²) in [6.07, 6.45) is 9.91. The average molecular weight is 275 g/mol. The van der Waals surface area contributed by atoms with Crippen molar-refractivity contribution < 1.29 is 0 Å². The van der Waals surface area contributed by atoms with Crippen molar-refractivity contribution in [2.75, 3.05) is 6.54 Å². The Kier molecular flexibility index (Phi) is 4.06. The Morgan fingerprint density at radius 3 is 2.50 bits per heavy atom. The van der Waals surface area contributed by atoms with Crippen LogP contribution in [0, 0.1) is 17.2 Å². The number of rotatable bonds is 7. The maximum atomic E-state index is 9.63. The summed E-state index contributed by atoms with van der Waals surface area (Å²) in [5.41, 5.74) is -0.212. The van der Waals surface area contributed by atoms with Gasteiger partial charge < -0.3 is 0 Å². The summed E-state index contributed by atoms with van der Waals surface area (Å²) in [5.74, 6) is 0.781. The van der Waals surface area contributed by atoms with Crippen LogP contribution in [0.5, 0.6) is 0 Å². The largest absolute Gasteiger partial charge is 0.297 e. The van der Waals surface area contributed by atoms with Gasteiger partial charge in [-0.2, -0.15) is 5.26 Å². The normalized spacial score (nSPS) is 33.9. The maximum absolute atomic E-state index is 9.63. The minimum absolute atomic E-state index is 0.212. The van der Waals surface area contributed by atoms with Crippen LogP contribution in [-0.4, -0.2) is 35.1 Å². The number of hydrogen-bond acceptors (Lipinski definition) is 3. The number of nitriles is 1. The monoisotopic (exact) mass is 275 g/mol. The van der Waals surface area contributed by atoms with E-state index in [1.165, 1.54) is 45.1 Å². The summed E-state index contributed by atoms with van der Waals surface area (Å²) in [7, 11) is 0. The molecule has 0 aromatic heterocycles. The topological polar surface area (TPSA) is 39.1 Å². The minimum Gasteiger partial charge on any atom is -0.297 e. The first kappa shape index (κ1) is 14.4. The number of nitrogens with one attached hydrogen (secondary N) is 1. The Labute approximate surface area is 123 Å². The van der Waals surface area contributed by atoms with Crippen molar-refractivity contribution in [2.45, 2.75) is 88.9 Å². The third-order valence-corrected chi connectivity index (χ3v) is 5.21. The van der Waals surface area contributed by atoms with Crippen LogP contribution in [-0.2, 0) is 0 Å². The predicted molar refractivity (Wildman–Crippen MR) is 81.3 cm³/mol. The van der Waals surface area contributed by atoms with Crippen LogP contribution < -0.4 is 5.32 Å². The van der Waals surface area contributed by atoms with E-state index < -0.39 is 0 Å². The Morgan fingerprint density at radius 2 is 1.95 bits per heavy atom. The molecule has 0 radical (unpaired) electrons. The minimum atomic E-state index is -0.212. The lowest BCUT2D eigenvalue weighted by Crippen LogP contribution is -2.45. The highest BCUT2D eigenvalue weighted by molar-refractivity contribution is 5.16. The molecule has 0 saturated heterocycles. The molecule has 0 amide bonds. The van der Waals surface area contributed by atoms with Gasteiger partial charge in [0, 0.05) is 18.1 Å². The number of nitrogens with zero attached hydrogens (tertiary/aromatic N) is 2. The van der Waals surface area contributed by atoms with Gasteiger partial charge in [-0.05, 0) is 63.8 Å². The molecule has 0 spiro atoms. The van der Waals surface area contributed by atoms with Gasteiger partial charge in [-0.1, -0.05) is 13.8 Å². The lowest BCUT2D eigenvalue weighted by Gasteiger charge is -2.31. The van der Waals surface area contributed by atoms with E-state index in [0.717, 1.165) is 24.8 Å². The molecule has 3 fully saturated rings. The first-order valence-corrected chi connectivity index (χ1v) is 8.56. The molecule has 3 saturated carbocycles. The van der Waals surface area contributed by atoms with Crippen molar-refractivity contribution in [1.82, 2.24) is 10.2 Å². The lowest BCUT2D eigenvalue weighted by molar-refractivity contribution is 0.172. The van der Waals surface area contributed by atoms with E-state index in [-0.39, 0.29) is 5.54 Å². The third-order valence-electron chi connectivity index (χ3n) is 5.21. The lowest BCUT2D eigenvalue weighted by atomic mass is 9.98. The van der Waals surface area contributed by atoms with Gasteiger partial charge in [-0.3, -0.25) is 10.2 Å². The molecule has 3 nitrogen and oxygen atoms in total. The first-order chi connectivity index (χ1) is 9.62. The highest BCUT2D eigenvalue weighted by atomic mass is 15.2. The van der Waals surface area contributed by atoms with Crippen molar-refractivity contribution in [3.8, 4) is 6.07 Å². The second-order valence-electron chi connectivity index (χ2n) is 7.66. The van der Waals surface area contributed by atoms with Gasteiger partial charge in [-0.15, -0.1) is 0 Å². The van der Waals surface area contributed by atoms with E-state index in [2.05, 4.69) is 30.1 Å². The van der Waals surface area contributed by atoms with E-state index in [0.29, 0.717) is 12.1 Å². The van der Waals surface area contributed by atoms with E-state index in [4.69, 9.17) is 0 Å². The zero-order chi connectivity index (χ0) is 14.2. The Balaban J connectivity index is 1.59. The molecule has 2 atom stereocenters. The zero-order valence-electron chi connectivity index (χ0n) is 13.1. The molecule has 3 heteroatoms. The summed E-state index contributed by atoms with van der Waals surface area (Å²) in [5, 5.41) is 13.3. The molecule has 112 valence electrons. The second kappa shape index (κ2) is 5.66. The fraction of sp³-hybridized carbons (Fsp3) is 0.941. The third kappa shape index (κ3) is 3.35. The fourth-order valence-electron chi connectivity index (χ4n) is 3.66. The molecule has 3 rings (SSSR count). The molecule has 2 unspecified atom stereocenters. The van der Waals surface area contributed by atoms with Crippen molar-refractivity contribution >= 4 is 0 Å². The highest BCUT2D eigenvalue weighted by Crippen LogP contribution is 2.40. The summed E-state index contributed by atoms with van der Waals surface area (Å²) in [4.78, 5) is 2.74. The Morgan fingerprint density at radius 1 is 1.20 bits per heavy atom. The maximum Gasteiger partial charge on any atom is 0.108 e. The SMILES string of the molecule is CC(C)CCN(C1CC1)C1CCC(C#N)(NC2CC2)C1. The van der Waals surface area contributed by atoms with Gasteiger partial charge in [0.2, 0.25) is 0 Å². The molecule has 0 bridgehead atoms. The quantitative estimate of drug-likeness (QED) is 0.776. The van der Waals surface area contributed by atoms with Crippen molar-refractivity contribution in [1.29, 1.82) is 5.26 Å². The zero-order valence-corrected chi connectivity index (χ0v) is 13.1. The van der Waals surface area contributed by atoms with Crippen molar-refractivity contribution in [3.63, 3.8) is 0 Å². The summed E-state index contributed by atoms with van der Waals surface area (Å²) >= 11 is 0. The molecule has 3 aliphatic carbocycles. The van der Waals surface area contributed by atoms with Crippen molar-refractivity contribution in [2.24, 2.45) is 5.92 Å². The molecular formula is C17H29N3. The van der Waals surface area contributed by atoms with Gasteiger partial charge in [0.25, 0.3) is 0 Å². The molecular weight excluding hydrogens is 246 g/mol. The standard InChI is InChI=1S/C17H29N3/c1-13(2)8-10-20(15-5-6-15)16-7-9-17(11-16,12-18)19-14-3-4-14/h13-16,19H,3-11H2,1-2H3. The molecule has 1 N–H and O–H groups in total.